The minimum absolute atomic E-state index is 0. The topological polar surface area (TPSA) is 105 Å². The lowest BCUT2D eigenvalue weighted by atomic mass is 10.1. The van der Waals surface area contributed by atoms with E-state index in [1.165, 1.54) is 11.3 Å². The Balaban J connectivity index is 0.00000341. The van der Waals surface area contributed by atoms with Crippen molar-refractivity contribution in [2.24, 2.45) is 0 Å². The summed E-state index contributed by atoms with van der Waals surface area (Å²) in [5.74, 6) is -0.0791. The summed E-state index contributed by atoms with van der Waals surface area (Å²) in [5.41, 5.74) is -0.0567. The number of benzene rings is 2. The zero-order chi connectivity index (χ0) is 21.3. The van der Waals surface area contributed by atoms with Gasteiger partial charge in [-0.15, -0.1) is 23.7 Å². The van der Waals surface area contributed by atoms with Gasteiger partial charge in [0.2, 0.25) is 0 Å². The van der Waals surface area contributed by atoms with Gasteiger partial charge in [-0.05, 0) is 43.2 Å². The monoisotopic (exact) mass is 467 g/mol. The number of ether oxygens (including phenoxy) is 2. The average molecular weight is 468 g/mol. The average Bonchev–Trinajstić information content (AvgIpc) is 2.76. The molecule has 168 valence electrons. The van der Waals surface area contributed by atoms with Crippen molar-refractivity contribution in [3.63, 3.8) is 0 Å². The van der Waals surface area contributed by atoms with Crippen molar-refractivity contribution < 1.29 is 24.5 Å². The van der Waals surface area contributed by atoms with Crippen LogP contribution in [0.15, 0.2) is 47.3 Å². The number of aliphatic hydroxyl groups is 2. The van der Waals surface area contributed by atoms with Crippen LogP contribution in [0.1, 0.15) is 12.8 Å². The predicted molar refractivity (Wildman–Crippen MR) is 124 cm³/mol. The van der Waals surface area contributed by atoms with Crippen molar-refractivity contribution in [1.29, 1.82) is 0 Å². The third kappa shape index (κ3) is 6.88. The second-order valence-corrected chi connectivity index (χ2v) is 7.85. The molecular weight excluding hydrogens is 442 g/mol. The van der Waals surface area contributed by atoms with Gasteiger partial charge >= 0.3 is 5.97 Å². The minimum atomic E-state index is -0.513. The Bertz CT molecular complexity index is 1050. The fourth-order valence-electron chi connectivity index (χ4n) is 3.14. The number of aliphatic hydroxyl groups excluding tert-OH is 2. The van der Waals surface area contributed by atoms with Gasteiger partial charge in [-0.2, -0.15) is 0 Å². The van der Waals surface area contributed by atoms with E-state index < -0.39 is 5.97 Å². The largest absolute Gasteiger partial charge is 0.482 e. The van der Waals surface area contributed by atoms with Crippen LogP contribution in [-0.2, 0) is 9.53 Å². The molecule has 3 aromatic rings. The molecule has 0 amide bonds. The smallest absolute Gasteiger partial charge is 0.344 e. The fourth-order valence-corrected chi connectivity index (χ4v) is 4.20. The number of nitrogens with one attached hydrogen (secondary N) is 1. The number of carbonyl (C=O) groups excluding carboxylic acids is 1. The first kappa shape index (κ1) is 25.0. The number of fused-ring (bicyclic) bond motifs is 2. The highest BCUT2D eigenvalue weighted by Gasteiger charge is 2.10. The molecule has 2 aromatic carbocycles. The van der Waals surface area contributed by atoms with Crippen LogP contribution in [0.4, 0.5) is 0 Å². The van der Waals surface area contributed by atoms with Crippen LogP contribution in [0.3, 0.4) is 0 Å². The number of halogens is 1. The summed E-state index contributed by atoms with van der Waals surface area (Å²) in [5, 5.41) is 22.3. The molecule has 0 bridgehead atoms. The first-order chi connectivity index (χ1) is 14.6. The van der Waals surface area contributed by atoms with Crippen LogP contribution in [0, 0.1) is 0 Å². The zero-order valence-electron chi connectivity index (χ0n) is 16.9. The van der Waals surface area contributed by atoms with Crippen LogP contribution >= 0.6 is 23.7 Å². The van der Waals surface area contributed by atoms with E-state index in [-0.39, 0.29) is 50.3 Å². The van der Waals surface area contributed by atoms with E-state index in [2.05, 4.69) is 5.32 Å². The van der Waals surface area contributed by atoms with Gasteiger partial charge in [0.1, 0.15) is 12.4 Å². The SMILES string of the molecule is Cl.O=C(COc1ccc2sc3ccccc3c(=O)c2c1)OCCNC(CCO)CCO. The summed E-state index contributed by atoms with van der Waals surface area (Å²) in [6.45, 7) is 0.372. The van der Waals surface area contributed by atoms with Gasteiger partial charge in [-0.3, -0.25) is 4.79 Å². The molecule has 0 atom stereocenters. The lowest BCUT2D eigenvalue weighted by Gasteiger charge is -2.16. The molecule has 3 N–H and O–H groups in total. The van der Waals surface area contributed by atoms with Crippen molar-refractivity contribution in [3.05, 3.63) is 52.7 Å². The van der Waals surface area contributed by atoms with Gasteiger partial charge < -0.3 is 25.0 Å². The molecule has 7 nitrogen and oxygen atoms in total. The second kappa shape index (κ2) is 12.6. The summed E-state index contributed by atoms with van der Waals surface area (Å²) in [6, 6.07) is 12.7. The standard InChI is InChI=1S/C22H25NO6S.ClH/c24-10-7-15(8-11-25)23-9-12-28-21(26)14-29-16-5-6-20-18(13-16)22(27)17-3-1-2-4-19(17)30-20;/h1-6,13,15,23-25H,7-12,14H2;1H. The van der Waals surface area contributed by atoms with E-state index in [0.29, 0.717) is 35.9 Å². The summed E-state index contributed by atoms with van der Waals surface area (Å²) in [7, 11) is 0. The third-order valence-electron chi connectivity index (χ3n) is 4.66. The van der Waals surface area contributed by atoms with Crippen molar-refractivity contribution in [3.8, 4) is 5.75 Å². The normalized spacial score (nSPS) is 10.9. The Morgan fingerprint density at radius 1 is 1.03 bits per heavy atom. The summed E-state index contributed by atoms with van der Waals surface area (Å²) in [4.78, 5) is 24.6. The van der Waals surface area contributed by atoms with Crippen LogP contribution in [0.2, 0.25) is 0 Å². The molecule has 9 heteroatoms. The lowest BCUT2D eigenvalue weighted by molar-refractivity contribution is -0.145. The van der Waals surface area contributed by atoms with Crippen molar-refractivity contribution >= 4 is 49.9 Å². The zero-order valence-corrected chi connectivity index (χ0v) is 18.5. The van der Waals surface area contributed by atoms with Gasteiger partial charge in [-0.1, -0.05) is 12.1 Å². The maximum atomic E-state index is 12.7. The van der Waals surface area contributed by atoms with E-state index in [1.807, 2.05) is 24.3 Å². The highest BCUT2D eigenvalue weighted by atomic mass is 35.5. The highest BCUT2D eigenvalue weighted by Crippen LogP contribution is 2.27. The van der Waals surface area contributed by atoms with Crippen molar-refractivity contribution in [2.75, 3.05) is 33.0 Å². The van der Waals surface area contributed by atoms with Gasteiger partial charge in [0.15, 0.2) is 12.0 Å². The van der Waals surface area contributed by atoms with Gasteiger partial charge in [0, 0.05) is 46.0 Å². The third-order valence-corrected chi connectivity index (χ3v) is 5.81. The summed E-state index contributed by atoms with van der Waals surface area (Å²) in [6.07, 6.45) is 1.05. The number of hydrogen-bond acceptors (Lipinski definition) is 8. The molecule has 0 aliphatic heterocycles. The first-order valence-electron chi connectivity index (χ1n) is 9.81. The van der Waals surface area contributed by atoms with E-state index in [9.17, 15) is 9.59 Å². The van der Waals surface area contributed by atoms with Crippen LogP contribution in [-0.4, -0.2) is 55.2 Å². The van der Waals surface area contributed by atoms with Gasteiger partial charge in [0.05, 0.1) is 0 Å². The Hall–Kier alpha value is -2.23. The molecule has 1 aromatic heterocycles. The number of esters is 1. The maximum Gasteiger partial charge on any atom is 0.344 e. The lowest BCUT2D eigenvalue weighted by Crippen LogP contribution is -2.34. The molecule has 0 fully saturated rings. The van der Waals surface area contributed by atoms with Crippen LogP contribution in [0.25, 0.3) is 20.2 Å². The molecule has 0 aliphatic rings. The van der Waals surface area contributed by atoms with Crippen molar-refractivity contribution in [1.82, 2.24) is 5.32 Å². The van der Waals surface area contributed by atoms with Gasteiger partial charge in [-0.25, -0.2) is 4.79 Å². The fraction of sp³-hybridized carbons (Fsp3) is 0.364. The summed E-state index contributed by atoms with van der Waals surface area (Å²) >= 11 is 1.54. The Morgan fingerprint density at radius 3 is 2.48 bits per heavy atom. The predicted octanol–water partition coefficient (Wildman–Crippen LogP) is 2.48. The van der Waals surface area contributed by atoms with Crippen LogP contribution in [0.5, 0.6) is 5.75 Å². The molecule has 0 radical (unpaired) electrons. The first-order valence-corrected chi connectivity index (χ1v) is 10.6. The Labute approximate surface area is 190 Å². The number of hydrogen-bond donors (Lipinski definition) is 3. The highest BCUT2D eigenvalue weighted by molar-refractivity contribution is 7.24. The van der Waals surface area contributed by atoms with E-state index in [0.717, 1.165) is 9.40 Å². The Kier molecular flexibility index (Phi) is 10.2. The van der Waals surface area contributed by atoms with Crippen LogP contribution < -0.4 is 15.5 Å². The molecule has 0 spiro atoms. The van der Waals surface area contributed by atoms with Gasteiger partial charge in [0.25, 0.3) is 0 Å². The second-order valence-electron chi connectivity index (χ2n) is 6.77. The maximum absolute atomic E-state index is 12.7. The Morgan fingerprint density at radius 2 is 1.74 bits per heavy atom. The molecule has 0 saturated carbocycles. The molecule has 0 aliphatic carbocycles. The van der Waals surface area contributed by atoms with E-state index >= 15 is 0 Å². The number of carbonyl (C=O) groups is 1. The quantitative estimate of drug-likeness (QED) is 0.226. The summed E-state index contributed by atoms with van der Waals surface area (Å²) < 4.78 is 12.4. The van der Waals surface area contributed by atoms with E-state index in [1.54, 1.807) is 18.2 Å². The molecule has 3 rings (SSSR count). The molecule has 0 unspecified atom stereocenters. The molecule has 1 heterocycles. The minimum Gasteiger partial charge on any atom is -0.482 e. The molecule has 0 saturated heterocycles. The van der Waals surface area contributed by atoms with E-state index in [4.69, 9.17) is 19.7 Å². The number of rotatable bonds is 11. The molecular formula is C22H26ClNO6S. The molecule has 31 heavy (non-hydrogen) atoms. The van der Waals surface area contributed by atoms with Crippen molar-refractivity contribution in [2.45, 2.75) is 18.9 Å².